The van der Waals surface area contributed by atoms with Crippen molar-refractivity contribution < 1.29 is 9.59 Å². The average Bonchev–Trinajstić information content (AvgIpc) is 2.84. The number of benzene rings is 1. The molecule has 1 aromatic rings. The van der Waals surface area contributed by atoms with Gasteiger partial charge in [-0.05, 0) is 61.5 Å². The lowest BCUT2D eigenvalue weighted by atomic mass is 10.2. The van der Waals surface area contributed by atoms with E-state index in [4.69, 9.17) is 0 Å². The molecule has 0 spiro atoms. The molecule has 0 aromatic heterocycles. The molecule has 1 aliphatic rings. The SMILES string of the molecule is CCCCN(CCCC)CN1C(=O)S/C(=C\c2cccc(Br)c2)C1=O. The Morgan fingerprint density at radius 2 is 1.84 bits per heavy atom. The van der Waals surface area contributed by atoms with Gasteiger partial charge in [-0.1, -0.05) is 54.8 Å². The van der Waals surface area contributed by atoms with Crippen molar-refractivity contribution in [2.45, 2.75) is 39.5 Å². The van der Waals surface area contributed by atoms with Gasteiger partial charge in [0.25, 0.3) is 11.1 Å². The van der Waals surface area contributed by atoms with Crippen molar-refractivity contribution in [1.29, 1.82) is 0 Å². The Morgan fingerprint density at radius 3 is 2.44 bits per heavy atom. The molecular formula is C19H25BrN2O2S. The summed E-state index contributed by atoms with van der Waals surface area (Å²) in [5, 5.41) is -0.177. The first kappa shape index (κ1) is 20.2. The Morgan fingerprint density at radius 1 is 1.16 bits per heavy atom. The highest BCUT2D eigenvalue weighted by molar-refractivity contribution is 9.10. The minimum atomic E-state index is -0.187. The largest absolute Gasteiger partial charge is 0.294 e. The van der Waals surface area contributed by atoms with E-state index in [2.05, 4.69) is 34.7 Å². The molecule has 1 fully saturated rings. The van der Waals surface area contributed by atoms with Gasteiger partial charge in [0.2, 0.25) is 0 Å². The van der Waals surface area contributed by atoms with E-state index >= 15 is 0 Å². The normalized spacial score (nSPS) is 16.5. The number of hydrogen-bond acceptors (Lipinski definition) is 4. The zero-order valence-corrected chi connectivity index (χ0v) is 17.2. The van der Waals surface area contributed by atoms with Gasteiger partial charge in [-0.2, -0.15) is 0 Å². The third kappa shape index (κ3) is 5.97. The molecule has 2 amide bonds. The smallest absolute Gasteiger partial charge is 0.286 e. The number of thioether (sulfide) groups is 1. The number of rotatable bonds is 9. The molecule has 25 heavy (non-hydrogen) atoms. The standard InChI is InChI=1S/C19H25BrN2O2S/c1-3-5-10-21(11-6-4-2)14-22-18(23)17(25-19(22)24)13-15-8-7-9-16(20)12-15/h7-9,12-13H,3-6,10-11,14H2,1-2H3/b17-13-. The Kier molecular flexibility index (Phi) is 8.19. The Bertz CT molecular complexity index is 640. The first-order valence-corrected chi connectivity index (χ1v) is 10.4. The molecule has 136 valence electrons. The number of carbonyl (C=O) groups is 2. The zero-order chi connectivity index (χ0) is 18.2. The summed E-state index contributed by atoms with van der Waals surface area (Å²) in [6.45, 7) is 6.53. The number of nitrogens with zero attached hydrogens (tertiary/aromatic N) is 2. The van der Waals surface area contributed by atoms with Crippen molar-refractivity contribution in [3.05, 3.63) is 39.2 Å². The predicted molar refractivity (Wildman–Crippen MR) is 108 cm³/mol. The zero-order valence-electron chi connectivity index (χ0n) is 14.8. The van der Waals surface area contributed by atoms with Crippen molar-refractivity contribution >= 4 is 44.9 Å². The summed E-state index contributed by atoms with van der Waals surface area (Å²) in [6.07, 6.45) is 6.15. The van der Waals surface area contributed by atoms with Crippen LogP contribution in [0.1, 0.15) is 45.1 Å². The van der Waals surface area contributed by atoms with Crippen LogP contribution < -0.4 is 0 Å². The monoisotopic (exact) mass is 424 g/mol. The molecule has 4 nitrogen and oxygen atoms in total. The molecule has 0 radical (unpaired) electrons. The topological polar surface area (TPSA) is 40.6 Å². The van der Waals surface area contributed by atoms with Crippen molar-refractivity contribution in [3.63, 3.8) is 0 Å². The van der Waals surface area contributed by atoms with E-state index in [9.17, 15) is 9.59 Å². The highest BCUT2D eigenvalue weighted by Crippen LogP contribution is 2.32. The number of unbranched alkanes of at least 4 members (excludes halogenated alkanes) is 2. The molecule has 1 saturated heterocycles. The van der Waals surface area contributed by atoms with Gasteiger partial charge in [0.15, 0.2) is 0 Å². The maximum atomic E-state index is 12.7. The van der Waals surface area contributed by atoms with Gasteiger partial charge in [0.05, 0.1) is 11.6 Å². The Hall–Kier alpha value is -1.11. The van der Waals surface area contributed by atoms with Gasteiger partial charge >= 0.3 is 0 Å². The van der Waals surface area contributed by atoms with Gasteiger partial charge in [0, 0.05) is 4.47 Å². The summed E-state index contributed by atoms with van der Waals surface area (Å²) in [4.78, 5) is 29.1. The fourth-order valence-electron chi connectivity index (χ4n) is 2.59. The van der Waals surface area contributed by atoms with Crippen molar-refractivity contribution in [1.82, 2.24) is 9.80 Å². The first-order chi connectivity index (χ1) is 12.0. The van der Waals surface area contributed by atoms with E-state index in [1.54, 1.807) is 6.08 Å². The fraction of sp³-hybridized carbons (Fsp3) is 0.474. The number of carbonyl (C=O) groups excluding carboxylic acids is 2. The van der Waals surface area contributed by atoms with E-state index in [0.29, 0.717) is 11.6 Å². The lowest BCUT2D eigenvalue weighted by Crippen LogP contribution is -2.41. The van der Waals surface area contributed by atoms with Crippen LogP contribution in [-0.2, 0) is 4.79 Å². The van der Waals surface area contributed by atoms with Crippen LogP contribution in [0.4, 0.5) is 4.79 Å². The summed E-state index contributed by atoms with van der Waals surface area (Å²) < 4.78 is 0.950. The van der Waals surface area contributed by atoms with Crippen molar-refractivity contribution in [3.8, 4) is 0 Å². The predicted octanol–water partition coefficient (Wildman–Crippen LogP) is 5.35. The molecule has 1 aliphatic heterocycles. The lowest BCUT2D eigenvalue weighted by molar-refractivity contribution is -0.124. The minimum absolute atomic E-state index is 0.177. The molecule has 2 rings (SSSR count). The average molecular weight is 425 g/mol. The lowest BCUT2D eigenvalue weighted by Gasteiger charge is -2.26. The highest BCUT2D eigenvalue weighted by Gasteiger charge is 2.35. The van der Waals surface area contributed by atoms with E-state index in [0.717, 1.165) is 60.6 Å². The molecule has 1 aromatic carbocycles. The number of halogens is 1. The quantitative estimate of drug-likeness (QED) is 0.501. The second-order valence-electron chi connectivity index (χ2n) is 6.13. The summed E-state index contributed by atoms with van der Waals surface area (Å²) in [5.74, 6) is -0.187. The Balaban J connectivity index is 2.08. The molecule has 1 heterocycles. The summed E-state index contributed by atoms with van der Waals surface area (Å²) >= 11 is 4.45. The Labute approximate surface area is 162 Å². The second-order valence-corrected chi connectivity index (χ2v) is 8.04. The van der Waals surface area contributed by atoms with Crippen LogP contribution >= 0.6 is 27.7 Å². The van der Waals surface area contributed by atoms with Gasteiger partial charge in [-0.3, -0.25) is 19.4 Å². The van der Waals surface area contributed by atoms with Gasteiger partial charge in [-0.25, -0.2) is 0 Å². The molecule has 6 heteroatoms. The second kappa shape index (κ2) is 10.1. The minimum Gasteiger partial charge on any atom is -0.286 e. The van der Waals surface area contributed by atoms with Crippen molar-refractivity contribution in [2.75, 3.05) is 19.8 Å². The molecule has 0 N–H and O–H groups in total. The molecule has 0 saturated carbocycles. The van der Waals surface area contributed by atoms with E-state index in [1.165, 1.54) is 4.90 Å². The van der Waals surface area contributed by atoms with Crippen LogP contribution in [0, 0.1) is 0 Å². The van der Waals surface area contributed by atoms with Crippen LogP contribution in [0.15, 0.2) is 33.6 Å². The number of imide groups is 1. The molecular weight excluding hydrogens is 400 g/mol. The van der Waals surface area contributed by atoms with E-state index < -0.39 is 0 Å². The summed E-state index contributed by atoms with van der Waals surface area (Å²) in [7, 11) is 0. The third-order valence-corrected chi connectivity index (χ3v) is 5.42. The first-order valence-electron chi connectivity index (χ1n) is 8.78. The summed E-state index contributed by atoms with van der Waals surface area (Å²) in [5.41, 5.74) is 0.911. The van der Waals surface area contributed by atoms with Crippen LogP contribution in [0.5, 0.6) is 0 Å². The van der Waals surface area contributed by atoms with E-state index in [-0.39, 0.29) is 11.1 Å². The molecule has 0 bridgehead atoms. The number of hydrogen-bond donors (Lipinski definition) is 0. The molecule has 0 unspecified atom stereocenters. The van der Waals surface area contributed by atoms with Crippen LogP contribution in [0.3, 0.4) is 0 Å². The number of amides is 2. The van der Waals surface area contributed by atoms with Gasteiger partial charge in [0.1, 0.15) is 0 Å². The van der Waals surface area contributed by atoms with E-state index in [1.807, 2.05) is 24.3 Å². The summed E-state index contributed by atoms with van der Waals surface area (Å²) in [6, 6.07) is 7.70. The van der Waals surface area contributed by atoms with Crippen molar-refractivity contribution in [2.24, 2.45) is 0 Å². The molecule has 0 atom stereocenters. The van der Waals surface area contributed by atoms with Crippen LogP contribution in [0.2, 0.25) is 0 Å². The van der Waals surface area contributed by atoms with Crippen LogP contribution in [0.25, 0.3) is 6.08 Å². The molecule has 0 aliphatic carbocycles. The van der Waals surface area contributed by atoms with Gasteiger partial charge in [-0.15, -0.1) is 0 Å². The maximum absolute atomic E-state index is 12.7. The highest BCUT2D eigenvalue weighted by atomic mass is 79.9. The third-order valence-electron chi connectivity index (χ3n) is 4.02. The maximum Gasteiger partial charge on any atom is 0.294 e. The van der Waals surface area contributed by atoms with Gasteiger partial charge < -0.3 is 0 Å². The van der Waals surface area contributed by atoms with Crippen LogP contribution in [-0.4, -0.2) is 40.7 Å². The fourth-order valence-corrected chi connectivity index (χ4v) is 3.83.